The number of Topliss-reactive ketones (excluding diaryl/α,β-unsaturated/α-hetero) is 1. The fraction of sp³-hybridized carbons (Fsp3) is 0.462. The van der Waals surface area contributed by atoms with Gasteiger partial charge in [-0.2, -0.15) is 0 Å². The van der Waals surface area contributed by atoms with E-state index in [-0.39, 0.29) is 29.4 Å². The Morgan fingerprint density at radius 3 is 3.00 bits per heavy atom. The number of benzene rings is 1. The SMILES string of the molecule is COC1CNC(C(=O)Cc2ccc(Cl)c(F)c2)C1. The van der Waals surface area contributed by atoms with E-state index in [0.29, 0.717) is 18.5 Å². The van der Waals surface area contributed by atoms with Crippen LogP contribution in [0.15, 0.2) is 18.2 Å². The van der Waals surface area contributed by atoms with Gasteiger partial charge in [0, 0.05) is 20.1 Å². The fourth-order valence-corrected chi connectivity index (χ4v) is 2.22. The number of carbonyl (C=O) groups is 1. The third kappa shape index (κ3) is 3.07. The fourth-order valence-electron chi connectivity index (χ4n) is 2.10. The maximum atomic E-state index is 13.2. The van der Waals surface area contributed by atoms with Crippen molar-refractivity contribution in [1.29, 1.82) is 0 Å². The maximum absolute atomic E-state index is 13.2. The predicted octanol–water partition coefficient (Wildman–Crippen LogP) is 1.97. The van der Waals surface area contributed by atoms with Crippen LogP contribution in [-0.4, -0.2) is 31.6 Å². The second-order valence-electron chi connectivity index (χ2n) is 4.45. The highest BCUT2D eigenvalue weighted by atomic mass is 35.5. The number of halogens is 2. The first-order valence-electron chi connectivity index (χ1n) is 5.83. The Balaban J connectivity index is 1.97. The summed E-state index contributed by atoms with van der Waals surface area (Å²) in [5.74, 6) is -0.438. The van der Waals surface area contributed by atoms with Crippen LogP contribution in [0, 0.1) is 5.82 Å². The van der Waals surface area contributed by atoms with Crippen LogP contribution >= 0.6 is 11.6 Å². The molecule has 1 aromatic carbocycles. The maximum Gasteiger partial charge on any atom is 0.154 e. The lowest BCUT2D eigenvalue weighted by Gasteiger charge is -2.09. The topological polar surface area (TPSA) is 38.3 Å². The van der Waals surface area contributed by atoms with Crippen molar-refractivity contribution < 1.29 is 13.9 Å². The zero-order valence-electron chi connectivity index (χ0n) is 10.1. The van der Waals surface area contributed by atoms with Gasteiger partial charge in [0.1, 0.15) is 5.82 Å². The van der Waals surface area contributed by atoms with Gasteiger partial charge in [0.05, 0.1) is 17.2 Å². The van der Waals surface area contributed by atoms with Crippen molar-refractivity contribution in [2.24, 2.45) is 0 Å². The van der Waals surface area contributed by atoms with Gasteiger partial charge in [-0.3, -0.25) is 4.79 Å². The van der Waals surface area contributed by atoms with Crippen LogP contribution in [0.3, 0.4) is 0 Å². The zero-order chi connectivity index (χ0) is 13.1. The minimum absolute atomic E-state index is 0.0521. The first-order valence-corrected chi connectivity index (χ1v) is 6.20. The lowest BCUT2D eigenvalue weighted by atomic mass is 10.0. The van der Waals surface area contributed by atoms with E-state index in [2.05, 4.69) is 5.32 Å². The van der Waals surface area contributed by atoms with Crippen LogP contribution < -0.4 is 5.32 Å². The lowest BCUT2D eigenvalue weighted by molar-refractivity contribution is -0.120. The van der Waals surface area contributed by atoms with Crippen LogP contribution in [-0.2, 0) is 16.0 Å². The van der Waals surface area contributed by atoms with E-state index >= 15 is 0 Å². The zero-order valence-corrected chi connectivity index (χ0v) is 10.8. The van der Waals surface area contributed by atoms with Gasteiger partial charge in [0.25, 0.3) is 0 Å². The van der Waals surface area contributed by atoms with Crippen molar-refractivity contribution in [1.82, 2.24) is 5.32 Å². The molecule has 5 heteroatoms. The van der Waals surface area contributed by atoms with E-state index in [4.69, 9.17) is 16.3 Å². The van der Waals surface area contributed by atoms with Crippen LogP contribution in [0.25, 0.3) is 0 Å². The molecule has 18 heavy (non-hydrogen) atoms. The van der Waals surface area contributed by atoms with E-state index < -0.39 is 5.82 Å². The number of rotatable bonds is 4. The summed E-state index contributed by atoms with van der Waals surface area (Å²) in [4.78, 5) is 12.0. The Bertz CT molecular complexity index is 453. The molecule has 3 nitrogen and oxygen atoms in total. The molecule has 1 aliphatic rings. The second-order valence-corrected chi connectivity index (χ2v) is 4.85. The molecular formula is C13H15ClFNO2. The van der Waals surface area contributed by atoms with Gasteiger partial charge >= 0.3 is 0 Å². The first kappa shape index (κ1) is 13.5. The van der Waals surface area contributed by atoms with E-state index in [0.717, 1.165) is 0 Å². The lowest BCUT2D eigenvalue weighted by Crippen LogP contribution is -2.31. The Labute approximate surface area is 110 Å². The largest absolute Gasteiger partial charge is 0.380 e. The summed E-state index contributed by atoms with van der Waals surface area (Å²) in [5, 5.41) is 3.18. The number of ether oxygens (including phenoxy) is 1. The molecule has 1 heterocycles. The Hall–Kier alpha value is -0.970. The second kappa shape index (κ2) is 5.78. The smallest absolute Gasteiger partial charge is 0.154 e. The quantitative estimate of drug-likeness (QED) is 0.910. The minimum atomic E-state index is -0.490. The molecule has 2 unspecified atom stereocenters. The summed E-state index contributed by atoms with van der Waals surface area (Å²) in [6.07, 6.45) is 0.967. The molecule has 0 aliphatic carbocycles. The van der Waals surface area contributed by atoms with Crippen LogP contribution in [0.1, 0.15) is 12.0 Å². The molecule has 98 valence electrons. The molecule has 2 atom stereocenters. The van der Waals surface area contributed by atoms with Gasteiger partial charge in [-0.25, -0.2) is 4.39 Å². The third-order valence-corrected chi connectivity index (χ3v) is 3.48. The average molecular weight is 272 g/mol. The summed E-state index contributed by atoms with van der Waals surface area (Å²) in [5.41, 5.74) is 0.643. The van der Waals surface area contributed by atoms with Gasteiger partial charge in [-0.05, 0) is 24.1 Å². The van der Waals surface area contributed by atoms with Gasteiger partial charge in [0.15, 0.2) is 5.78 Å². The highest BCUT2D eigenvalue weighted by Crippen LogP contribution is 2.18. The first-order chi connectivity index (χ1) is 8.60. The van der Waals surface area contributed by atoms with Crippen molar-refractivity contribution in [2.45, 2.75) is 25.0 Å². The molecular weight excluding hydrogens is 257 g/mol. The molecule has 0 aromatic heterocycles. The number of nitrogens with one attached hydrogen (secondary N) is 1. The summed E-state index contributed by atoms with van der Waals surface area (Å²) >= 11 is 5.59. The molecule has 1 fully saturated rings. The Morgan fingerprint density at radius 2 is 2.39 bits per heavy atom. The monoisotopic (exact) mass is 271 g/mol. The van der Waals surface area contributed by atoms with Crippen LogP contribution in [0.4, 0.5) is 4.39 Å². The minimum Gasteiger partial charge on any atom is -0.380 e. The van der Waals surface area contributed by atoms with Crippen molar-refractivity contribution in [2.75, 3.05) is 13.7 Å². The molecule has 1 saturated heterocycles. The number of carbonyl (C=O) groups excluding carboxylic acids is 1. The molecule has 0 amide bonds. The summed E-state index contributed by atoms with van der Waals surface area (Å²) in [6, 6.07) is 4.25. The number of methoxy groups -OCH3 is 1. The molecule has 2 rings (SSSR count). The van der Waals surface area contributed by atoms with Crippen molar-refractivity contribution >= 4 is 17.4 Å². The summed E-state index contributed by atoms with van der Waals surface area (Å²) in [7, 11) is 1.63. The standard InChI is InChI=1S/C13H15ClFNO2/c1-18-9-6-12(16-7-9)13(17)5-8-2-3-10(14)11(15)4-8/h2-4,9,12,16H,5-7H2,1H3. The van der Waals surface area contributed by atoms with E-state index in [1.54, 1.807) is 13.2 Å². The van der Waals surface area contributed by atoms with E-state index in [1.807, 2.05) is 0 Å². The van der Waals surface area contributed by atoms with E-state index in [9.17, 15) is 9.18 Å². The number of hydrogen-bond donors (Lipinski definition) is 1. The highest BCUT2D eigenvalue weighted by molar-refractivity contribution is 6.30. The molecule has 1 N–H and O–H groups in total. The van der Waals surface area contributed by atoms with Crippen LogP contribution in [0.2, 0.25) is 5.02 Å². The molecule has 1 aromatic rings. The van der Waals surface area contributed by atoms with E-state index in [1.165, 1.54) is 12.1 Å². The number of ketones is 1. The molecule has 0 saturated carbocycles. The highest BCUT2D eigenvalue weighted by Gasteiger charge is 2.28. The average Bonchev–Trinajstić information content (AvgIpc) is 2.82. The molecule has 0 bridgehead atoms. The number of hydrogen-bond acceptors (Lipinski definition) is 3. The van der Waals surface area contributed by atoms with Crippen molar-refractivity contribution in [3.05, 3.63) is 34.6 Å². The summed E-state index contributed by atoms with van der Waals surface area (Å²) < 4.78 is 18.4. The van der Waals surface area contributed by atoms with Gasteiger partial charge in [0.2, 0.25) is 0 Å². The van der Waals surface area contributed by atoms with Gasteiger partial charge in [-0.15, -0.1) is 0 Å². The van der Waals surface area contributed by atoms with Crippen molar-refractivity contribution in [3.63, 3.8) is 0 Å². The molecule has 1 aliphatic heterocycles. The van der Waals surface area contributed by atoms with Crippen molar-refractivity contribution in [3.8, 4) is 0 Å². The normalized spacial score (nSPS) is 23.3. The third-order valence-electron chi connectivity index (χ3n) is 3.17. The Morgan fingerprint density at radius 1 is 1.61 bits per heavy atom. The molecule has 0 radical (unpaired) electrons. The molecule has 0 spiro atoms. The van der Waals surface area contributed by atoms with Crippen LogP contribution in [0.5, 0.6) is 0 Å². The predicted molar refractivity (Wildman–Crippen MR) is 67.3 cm³/mol. The Kier molecular flexibility index (Phi) is 4.32. The van der Waals surface area contributed by atoms with Gasteiger partial charge in [-0.1, -0.05) is 17.7 Å². The van der Waals surface area contributed by atoms with Gasteiger partial charge < -0.3 is 10.1 Å². The summed E-state index contributed by atoms with van der Waals surface area (Å²) in [6.45, 7) is 0.682.